The van der Waals surface area contributed by atoms with Crippen molar-refractivity contribution in [2.75, 3.05) is 32.7 Å². The van der Waals surface area contributed by atoms with Gasteiger partial charge in [0.1, 0.15) is 34.6 Å². The number of benzene rings is 7. The Morgan fingerprint density at radius 3 is 0.904 bits per heavy atom. The van der Waals surface area contributed by atoms with E-state index in [9.17, 15) is 47.9 Å². The third-order valence-corrected chi connectivity index (χ3v) is 29.9. The number of hydrogen-bond donors (Lipinski definition) is 5. The number of nitrogens with zero attached hydrogens (tertiary/aromatic N) is 6. The molecule has 0 saturated heterocycles. The first-order valence-corrected chi connectivity index (χ1v) is 52.4. The fraction of sp³-hybridized carbons (Fsp3) is 0.404. The molecule has 5 atom stereocenters. The van der Waals surface area contributed by atoms with E-state index in [0.717, 1.165) is 102 Å². The SMILES string of the molecule is CCC(=O)C[C@H](CNC(=O)C1CCCCC1)Cc1nc2ccc(Cl)cc2s1.CCC(=O)C[C@H](CNC(=O)CC1CCCC1)Cc1nc2ccc(Cl)cc2s1.CCC(=O)C[C@H](CNC(=O)c1ccccc1)Cc1nc2ccc(Cl)cc2s1.CCC(=O)C[C@H](CNC(=O)c1ccccc1)Cc1nc2ccc(Cl)cc2s1.CCC(=O)C[C@H](CNC(=O)c1ccccn1)Cc1nc2ccc(Cl)cc2s1. The van der Waals surface area contributed by atoms with Crippen LogP contribution in [0.2, 0.25) is 25.1 Å². The van der Waals surface area contributed by atoms with Crippen molar-refractivity contribution in [2.45, 2.75) is 195 Å². The van der Waals surface area contributed by atoms with Crippen molar-refractivity contribution < 1.29 is 47.9 Å². The lowest BCUT2D eigenvalue weighted by Crippen LogP contribution is -2.36. The first kappa shape index (κ1) is 106. The van der Waals surface area contributed by atoms with Gasteiger partial charge in [-0.15, -0.1) is 56.7 Å². The van der Waals surface area contributed by atoms with E-state index < -0.39 is 0 Å². The van der Waals surface area contributed by atoms with E-state index in [-0.39, 0.29) is 94.0 Å². The molecule has 2 aliphatic carbocycles. The normalized spacial score (nSPS) is 13.7. The monoisotopic (exact) mass is 2010 g/mol. The van der Waals surface area contributed by atoms with E-state index in [1.807, 2.05) is 162 Å². The second-order valence-corrected chi connectivity index (χ2v) is 42.0. The average molecular weight is 2020 g/mol. The van der Waals surface area contributed by atoms with E-state index in [0.29, 0.717) is 183 Å². The first-order chi connectivity index (χ1) is 65.2. The van der Waals surface area contributed by atoms with E-state index in [2.05, 4.69) is 56.5 Å². The molecule has 31 heteroatoms. The summed E-state index contributed by atoms with van der Waals surface area (Å²) in [6.45, 7) is 11.7. The van der Waals surface area contributed by atoms with Gasteiger partial charge in [0.25, 0.3) is 17.7 Å². The summed E-state index contributed by atoms with van der Waals surface area (Å²) in [4.78, 5) is 149. The van der Waals surface area contributed by atoms with Gasteiger partial charge in [-0.2, -0.15) is 0 Å². The minimum Gasteiger partial charge on any atom is -0.356 e. The van der Waals surface area contributed by atoms with Gasteiger partial charge in [0.2, 0.25) is 11.8 Å². The molecule has 7 aromatic carbocycles. The first-order valence-electron chi connectivity index (χ1n) is 46.5. The number of amides is 5. The van der Waals surface area contributed by atoms with Crippen LogP contribution in [-0.4, -0.2) is 121 Å². The predicted molar refractivity (Wildman–Crippen MR) is 552 cm³/mol. The van der Waals surface area contributed by atoms with Crippen molar-refractivity contribution in [3.05, 3.63) is 243 Å². The van der Waals surface area contributed by atoms with Crippen LogP contribution >= 0.6 is 115 Å². The number of halogens is 5. The highest BCUT2D eigenvalue weighted by atomic mass is 35.5. The number of hydrogen-bond acceptors (Lipinski definition) is 21. The topological polar surface area (TPSA) is 308 Å². The molecular formula is C104H116Cl5N11O10S5. The van der Waals surface area contributed by atoms with E-state index >= 15 is 0 Å². The average Bonchev–Trinajstić information content (AvgIpc) is 1.70. The Hall–Kier alpha value is -9.71. The molecule has 6 heterocycles. The summed E-state index contributed by atoms with van der Waals surface area (Å²) in [5, 5.41) is 23.3. The molecule has 0 radical (unpaired) electrons. The Labute approximate surface area is 834 Å². The Bertz CT molecular complexity index is 5750. The van der Waals surface area contributed by atoms with E-state index in [1.54, 1.807) is 105 Å². The largest absolute Gasteiger partial charge is 0.356 e. The highest BCUT2D eigenvalue weighted by Crippen LogP contribution is 2.35. The number of ketones is 5. The number of fused-ring (bicyclic) bond motifs is 5. The molecule has 0 aliphatic heterocycles. The van der Waals surface area contributed by atoms with Crippen molar-refractivity contribution in [3.63, 3.8) is 0 Å². The number of aromatic nitrogens is 6. The van der Waals surface area contributed by atoms with Crippen molar-refractivity contribution in [3.8, 4) is 0 Å². The molecule has 15 rings (SSSR count). The maximum atomic E-state index is 12.5. The Morgan fingerprint density at radius 2 is 0.607 bits per heavy atom. The van der Waals surface area contributed by atoms with Crippen LogP contribution in [0.1, 0.15) is 219 Å². The van der Waals surface area contributed by atoms with Gasteiger partial charge in [-0.25, -0.2) is 24.9 Å². The van der Waals surface area contributed by atoms with Gasteiger partial charge in [-0.3, -0.25) is 52.9 Å². The highest BCUT2D eigenvalue weighted by Gasteiger charge is 2.28. The van der Waals surface area contributed by atoms with Crippen LogP contribution in [0, 0.1) is 41.4 Å². The van der Waals surface area contributed by atoms with Crippen LogP contribution in [0.25, 0.3) is 51.1 Å². The molecule has 0 bridgehead atoms. The number of rotatable bonds is 41. The maximum absolute atomic E-state index is 12.5. The number of pyridine rings is 1. The van der Waals surface area contributed by atoms with Gasteiger partial charge in [0.05, 0.1) is 76.1 Å². The minimum absolute atomic E-state index is 0.0128. The number of carbonyl (C=O) groups excluding carboxylic acids is 10. The second kappa shape index (κ2) is 55.0. The summed E-state index contributed by atoms with van der Waals surface area (Å²) in [6.07, 6.45) is 20.6. The summed E-state index contributed by atoms with van der Waals surface area (Å²) in [5.41, 5.74) is 6.20. The molecule has 13 aromatic rings. The number of nitrogens with one attached hydrogen (secondary N) is 5. The standard InChI is InChI=1S/2C21H27ClN2O2S.2C21H21ClN2O2S.C20H20ClN3O2S/c1-2-17(25)9-15(13-23-20(26)10-14-5-3-4-6-14)11-21-24-18-8-7-16(22)12-19(18)27-21;3*1-2-17(25)10-14(13-23-21(26)15-6-4-3-5-7-15)11-20-24-18-9-8-16(22)12-19(18)27-20;1-2-15(25)9-13(12-23-20(26)17-5-3-4-8-22-17)10-19-24-16-7-6-14(21)11-18(16)27-19/h7-8,12,14-15H,2-6,9-11,13H2,1H3,(H,23,26);8-9,12,14-15H,2-7,10-11,13H2,1H3,(H,23,26);2*3-9,12,14H,2,10-11,13H2,1H3,(H,23,26);3-8,11,13H,2,9-10,12H2,1H3,(H,23,26)/t15-;3*14-;13-/m00000/s1. The molecule has 2 saturated carbocycles. The fourth-order valence-corrected chi connectivity index (χ4v) is 22.8. The quantitative estimate of drug-likeness (QED) is 0.0238. The molecule has 0 spiro atoms. The molecule has 0 unspecified atom stereocenters. The Morgan fingerprint density at radius 1 is 0.326 bits per heavy atom. The number of carbonyl (C=O) groups is 10. The lowest BCUT2D eigenvalue weighted by Gasteiger charge is -2.22. The zero-order chi connectivity index (χ0) is 96.1. The molecule has 6 aromatic heterocycles. The molecule has 21 nitrogen and oxygen atoms in total. The zero-order valence-electron chi connectivity index (χ0n) is 76.7. The van der Waals surface area contributed by atoms with Crippen molar-refractivity contribution in [2.24, 2.45) is 41.4 Å². The van der Waals surface area contributed by atoms with Crippen molar-refractivity contribution in [1.29, 1.82) is 0 Å². The summed E-state index contributed by atoms with van der Waals surface area (Å²) < 4.78 is 5.21. The van der Waals surface area contributed by atoms with Gasteiger partial charge in [-0.1, -0.05) is 167 Å². The number of Topliss-reactive ketones (excluding diaryl/α,β-unsaturated/α-hetero) is 5. The van der Waals surface area contributed by atoms with E-state index in [4.69, 9.17) is 58.0 Å². The third kappa shape index (κ3) is 35.4. The zero-order valence-corrected chi connectivity index (χ0v) is 84.6. The molecule has 5 amide bonds. The lowest BCUT2D eigenvalue weighted by atomic mass is 9.88. The van der Waals surface area contributed by atoms with Crippen LogP contribution in [0.5, 0.6) is 0 Å². The Kier molecular flexibility index (Phi) is 43.1. The summed E-state index contributed by atoms with van der Waals surface area (Å²) in [6, 6.07) is 51.6. The lowest BCUT2D eigenvalue weighted by molar-refractivity contribution is -0.126. The smallest absolute Gasteiger partial charge is 0.269 e. The van der Waals surface area contributed by atoms with Gasteiger partial charge in [0.15, 0.2) is 0 Å². The summed E-state index contributed by atoms with van der Waals surface area (Å²) in [7, 11) is 0. The van der Waals surface area contributed by atoms with Crippen LogP contribution in [0.3, 0.4) is 0 Å². The van der Waals surface area contributed by atoms with Crippen LogP contribution in [-0.2, 0) is 65.7 Å². The summed E-state index contributed by atoms with van der Waals surface area (Å²) >= 11 is 38.3. The molecule has 712 valence electrons. The van der Waals surface area contributed by atoms with Crippen molar-refractivity contribution >= 4 is 224 Å². The predicted octanol–water partition coefficient (Wildman–Crippen LogP) is 24.5. The molecule has 135 heavy (non-hydrogen) atoms. The second-order valence-electron chi connectivity index (χ2n) is 34.2. The Balaban J connectivity index is 0.000000162. The van der Waals surface area contributed by atoms with Crippen LogP contribution in [0.15, 0.2) is 176 Å². The molecule has 2 fully saturated rings. The number of thiazole rings is 5. The van der Waals surface area contributed by atoms with Crippen LogP contribution in [0.4, 0.5) is 0 Å². The minimum atomic E-state index is -0.236. The van der Waals surface area contributed by atoms with E-state index in [1.165, 1.54) is 32.1 Å². The third-order valence-electron chi connectivity index (χ3n) is 23.5. The van der Waals surface area contributed by atoms with Gasteiger partial charge in [0, 0.05) is 184 Å². The van der Waals surface area contributed by atoms with Gasteiger partial charge >= 0.3 is 0 Å². The highest BCUT2D eigenvalue weighted by molar-refractivity contribution is 7.20. The maximum Gasteiger partial charge on any atom is 0.269 e. The van der Waals surface area contributed by atoms with Gasteiger partial charge in [-0.05, 0) is 189 Å². The van der Waals surface area contributed by atoms with Crippen LogP contribution < -0.4 is 26.6 Å². The van der Waals surface area contributed by atoms with Crippen molar-refractivity contribution in [1.82, 2.24) is 56.5 Å². The summed E-state index contributed by atoms with van der Waals surface area (Å²) in [5.74, 6) is 1.68. The fourth-order valence-electron chi connectivity index (χ4n) is 16.1. The van der Waals surface area contributed by atoms with Gasteiger partial charge < -0.3 is 26.6 Å². The molecule has 5 N–H and O–H groups in total. The molecular weight excluding hydrogens is 1900 g/mol. The molecule has 2 aliphatic rings.